The van der Waals surface area contributed by atoms with Gasteiger partial charge in [0.2, 0.25) is 5.91 Å². The van der Waals surface area contributed by atoms with Gasteiger partial charge in [0.25, 0.3) is 0 Å². The lowest BCUT2D eigenvalue weighted by molar-refractivity contribution is -0.157. The van der Waals surface area contributed by atoms with Crippen molar-refractivity contribution in [2.75, 3.05) is 0 Å². The summed E-state index contributed by atoms with van der Waals surface area (Å²) in [4.78, 5) is 12.7. The summed E-state index contributed by atoms with van der Waals surface area (Å²) in [5.74, 6) is -0.120. The number of aryl methyl sites for hydroxylation is 1. The van der Waals surface area contributed by atoms with E-state index in [1.165, 1.54) is 5.01 Å². The number of hydrazone groups is 1. The molecule has 0 saturated carbocycles. The highest BCUT2D eigenvalue weighted by molar-refractivity contribution is 9.10. The maximum absolute atomic E-state index is 12.7. The van der Waals surface area contributed by atoms with E-state index in [1.54, 1.807) is 37.3 Å². The molecule has 1 aliphatic rings. The Morgan fingerprint density at radius 3 is 2.60 bits per heavy atom. The Kier molecular flexibility index (Phi) is 4.92. The van der Waals surface area contributed by atoms with Gasteiger partial charge in [-0.2, -0.15) is 10.1 Å². The van der Waals surface area contributed by atoms with Crippen molar-refractivity contribution >= 4 is 27.5 Å². The van der Waals surface area contributed by atoms with Crippen molar-refractivity contribution in [3.05, 3.63) is 64.1 Å². The lowest BCUT2D eigenvalue weighted by Crippen LogP contribution is -2.43. The summed E-state index contributed by atoms with van der Waals surface area (Å²) in [5, 5.41) is 26.4. The van der Waals surface area contributed by atoms with E-state index in [0.717, 1.165) is 4.47 Å². The van der Waals surface area contributed by atoms with Crippen molar-refractivity contribution in [3.63, 3.8) is 0 Å². The monoisotopic (exact) mass is 402 g/mol. The van der Waals surface area contributed by atoms with Crippen LogP contribution in [0.2, 0.25) is 0 Å². The largest absolute Gasteiger partial charge is 0.508 e. The Morgan fingerprint density at radius 1 is 1.24 bits per heavy atom. The molecule has 0 bridgehead atoms. The van der Waals surface area contributed by atoms with Gasteiger partial charge in [0.1, 0.15) is 5.75 Å². The lowest BCUT2D eigenvalue weighted by Gasteiger charge is -2.31. The predicted molar refractivity (Wildman–Crippen MR) is 99.0 cm³/mol. The van der Waals surface area contributed by atoms with Crippen molar-refractivity contribution in [1.82, 2.24) is 5.01 Å². The zero-order valence-electron chi connectivity index (χ0n) is 13.8. The van der Waals surface area contributed by atoms with Crippen LogP contribution in [0.25, 0.3) is 0 Å². The molecule has 0 unspecified atom stereocenters. The number of halogens is 1. The first-order valence-corrected chi connectivity index (χ1v) is 8.82. The lowest BCUT2D eigenvalue weighted by atomic mass is 9.97. The number of aromatic hydroxyl groups is 1. The first-order chi connectivity index (χ1) is 11.9. The maximum Gasteiger partial charge on any atom is 0.245 e. The summed E-state index contributed by atoms with van der Waals surface area (Å²) >= 11 is 3.37. The fourth-order valence-corrected chi connectivity index (χ4v) is 3.26. The van der Waals surface area contributed by atoms with E-state index in [0.29, 0.717) is 23.3 Å². The second kappa shape index (κ2) is 6.98. The highest BCUT2D eigenvalue weighted by Gasteiger charge is 2.44. The van der Waals surface area contributed by atoms with Crippen LogP contribution in [0.5, 0.6) is 5.75 Å². The topological polar surface area (TPSA) is 73.1 Å². The number of phenols is 1. The molecule has 0 fully saturated rings. The van der Waals surface area contributed by atoms with Crippen molar-refractivity contribution in [2.45, 2.75) is 31.9 Å². The molecule has 1 aliphatic heterocycles. The molecule has 5 nitrogen and oxygen atoms in total. The third kappa shape index (κ3) is 3.60. The van der Waals surface area contributed by atoms with Gasteiger partial charge < -0.3 is 10.2 Å². The van der Waals surface area contributed by atoms with Gasteiger partial charge in [-0.05, 0) is 37.1 Å². The number of phenolic OH excluding ortho intramolecular Hbond substituents is 1. The molecule has 2 aromatic rings. The van der Waals surface area contributed by atoms with Crippen molar-refractivity contribution < 1.29 is 15.0 Å². The van der Waals surface area contributed by atoms with E-state index in [-0.39, 0.29) is 24.5 Å². The Bertz CT molecular complexity index is 820. The molecular weight excluding hydrogens is 384 g/mol. The number of nitrogens with zero attached hydrogens (tertiary/aromatic N) is 2. The van der Waals surface area contributed by atoms with Crippen LogP contribution >= 0.6 is 15.9 Å². The van der Waals surface area contributed by atoms with Crippen LogP contribution in [-0.2, 0) is 16.9 Å². The van der Waals surface area contributed by atoms with Crippen molar-refractivity contribution in [2.24, 2.45) is 5.10 Å². The van der Waals surface area contributed by atoms with E-state index in [2.05, 4.69) is 21.0 Å². The van der Waals surface area contributed by atoms with E-state index in [9.17, 15) is 15.0 Å². The van der Waals surface area contributed by atoms with E-state index < -0.39 is 5.72 Å². The summed E-state index contributed by atoms with van der Waals surface area (Å²) < 4.78 is 0.896. The van der Waals surface area contributed by atoms with Crippen molar-refractivity contribution in [3.8, 4) is 5.75 Å². The highest BCUT2D eigenvalue weighted by Crippen LogP contribution is 2.36. The fraction of sp³-hybridized carbons (Fsp3) is 0.263. The zero-order valence-corrected chi connectivity index (χ0v) is 15.4. The minimum Gasteiger partial charge on any atom is -0.508 e. The molecule has 0 spiro atoms. The minimum absolute atomic E-state index is 0.146. The Balaban J connectivity index is 1.79. The molecule has 25 heavy (non-hydrogen) atoms. The predicted octanol–water partition coefficient (Wildman–Crippen LogP) is 3.54. The normalized spacial score (nSPS) is 19.8. The Labute approximate surface area is 154 Å². The van der Waals surface area contributed by atoms with E-state index in [1.807, 2.05) is 18.2 Å². The first kappa shape index (κ1) is 17.6. The summed E-state index contributed by atoms with van der Waals surface area (Å²) in [6.45, 7) is 1.79. The van der Waals surface area contributed by atoms with Crippen LogP contribution in [0, 0.1) is 0 Å². The van der Waals surface area contributed by atoms with Crippen LogP contribution in [0.3, 0.4) is 0 Å². The summed E-state index contributed by atoms with van der Waals surface area (Å²) in [7, 11) is 0. The molecule has 6 heteroatoms. The highest BCUT2D eigenvalue weighted by atomic mass is 79.9. The fourth-order valence-electron chi connectivity index (χ4n) is 2.99. The van der Waals surface area contributed by atoms with Crippen LogP contribution in [0.1, 0.15) is 30.9 Å². The number of para-hydroxylation sites is 1. The average molecular weight is 403 g/mol. The van der Waals surface area contributed by atoms with Gasteiger partial charge >= 0.3 is 0 Å². The average Bonchev–Trinajstić information content (AvgIpc) is 2.90. The molecule has 3 rings (SSSR count). The maximum atomic E-state index is 12.7. The number of carbonyl (C=O) groups is 1. The molecule has 0 saturated heterocycles. The van der Waals surface area contributed by atoms with E-state index >= 15 is 0 Å². The van der Waals surface area contributed by atoms with Crippen molar-refractivity contribution in [1.29, 1.82) is 0 Å². The third-order valence-electron chi connectivity index (χ3n) is 4.27. The molecule has 130 valence electrons. The Hall–Kier alpha value is -2.18. The van der Waals surface area contributed by atoms with E-state index in [4.69, 9.17) is 0 Å². The quantitative estimate of drug-likeness (QED) is 0.820. The zero-order chi connectivity index (χ0) is 18.0. The second-order valence-electron chi connectivity index (χ2n) is 6.17. The van der Waals surface area contributed by atoms with Gasteiger partial charge in [0.15, 0.2) is 5.72 Å². The summed E-state index contributed by atoms with van der Waals surface area (Å²) in [5.41, 5.74) is 0.539. The van der Waals surface area contributed by atoms with Gasteiger partial charge in [-0.1, -0.05) is 46.3 Å². The van der Waals surface area contributed by atoms with Gasteiger partial charge in [-0.15, -0.1) is 0 Å². The van der Waals surface area contributed by atoms with Gasteiger partial charge in [0.05, 0.1) is 0 Å². The number of hydrogen-bond donors (Lipinski definition) is 2. The molecular formula is C19H19BrN2O3. The number of benzene rings is 2. The number of carbonyl (C=O) groups excluding carboxylic acids is 1. The number of hydrogen-bond acceptors (Lipinski definition) is 4. The molecule has 1 atom stereocenters. The molecule has 1 amide bonds. The number of aliphatic hydroxyl groups is 1. The molecule has 2 N–H and O–H groups in total. The van der Waals surface area contributed by atoms with Crippen LogP contribution in [0.4, 0.5) is 0 Å². The van der Waals surface area contributed by atoms with Gasteiger partial charge in [-0.25, -0.2) is 0 Å². The van der Waals surface area contributed by atoms with Crippen LogP contribution in [0.15, 0.2) is 58.1 Å². The first-order valence-electron chi connectivity index (χ1n) is 8.02. The number of rotatable bonds is 4. The standard InChI is InChI=1S/C19H19BrN2O3/c1-13-12-19(25,15-7-9-16(20)10-8-15)22(21-13)18(24)11-6-14-4-2-3-5-17(14)23/h2-5,7-10,23,25H,6,11-12H2,1H3/t19-/m0/s1. The van der Waals surface area contributed by atoms with Crippen LogP contribution < -0.4 is 0 Å². The smallest absolute Gasteiger partial charge is 0.245 e. The van der Waals surface area contributed by atoms with Gasteiger partial charge in [-0.3, -0.25) is 4.79 Å². The SMILES string of the molecule is CC1=NN(C(=O)CCc2ccccc2O)[C@@](O)(c2ccc(Br)cc2)C1. The minimum atomic E-state index is -1.47. The molecule has 1 heterocycles. The van der Waals surface area contributed by atoms with Crippen LogP contribution in [-0.4, -0.2) is 26.8 Å². The van der Waals surface area contributed by atoms with Gasteiger partial charge in [0, 0.05) is 28.6 Å². The summed E-state index contributed by atoms with van der Waals surface area (Å²) in [6.07, 6.45) is 0.803. The molecule has 0 aliphatic carbocycles. The third-order valence-corrected chi connectivity index (χ3v) is 4.79. The number of amides is 1. The molecule has 0 radical (unpaired) electrons. The Morgan fingerprint density at radius 2 is 1.92 bits per heavy atom. The molecule has 0 aromatic heterocycles. The second-order valence-corrected chi connectivity index (χ2v) is 7.09. The molecule has 2 aromatic carbocycles. The summed E-state index contributed by atoms with van der Waals surface area (Å²) in [6, 6.07) is 14.1.